The second kappa shape index (κ2) is 6.40. The van der Waals surface area contributed by atoms with E-state index in [0.29, 0.717) is 0 Å². The van der Waals surface area contributed by atoms with E-state index in [-0.39, 0.29) is 30.3 Å². The highest BCUT2D eigenvalue weighted by Crippen LogP contribution is 1.98. The first-order valence-electron chi connectivity index (χ1n) is 5.04. The van der Waals surface area contributed by atoms with Gasteiger partial charge in [-0.3, -0.25) is 9.59 Å². The number of carbonyl (C=O) groups is 2. The van der Waals surface area contributed by atoms with Crippen molar-refractivity contribution in [2.75, 3.05) is 6.54 Å². The molecule has 0 aliphatic carbocycles. The standard InChI is InChI=1S/C10H20N2O2/c1-5-8(4)10(14)11-6-9(13)12-7(2)3/h7-8H,5-6H2,1-4H3,(H,11,14)(H,12,13). The second-order valence-corrected chi connectivity index (χ2v) is 3.75. The number of hydrogen-bond donors (Lipinski definition) is 2. The smallest absolute Gasteiger partial charge is 0.239 e. The van der Waals surface area contributed by atoms with Crippen LogP contribution in [0.5, 0.6) is 0 Å². The van der Waals surface area contributed by atoms with Crippen molar-refractivity contribution in [3.63, 3.8) is 0 Å². The molecule has 82 valence electrons. The summed E-state index contributed by atoms with van der Waals surface area (Å²) in [6.45, 7) is 7.62. The molecule has 2 N–H and O–H groups in total. The summed E-state index contributed by atoms with van der Waals surface area (Å²) in [5, 5.41) is 5.29. The van der Waals surface area contributed by atoms with E-state index in [0.717, 1.165) is 6.42 Å². The molecular weight excluding hydrogens is 180 g/mol. The second-order valence-electron chi connectivity index (χ2n) is 3.75. The molecule has 0 bridgehead atoms. The fourth-order valence-corrected chi connectivity index (χ4v) is 0.900. The zero-order valence-electron chi connectivity index (χ0n) is 9.39. The van der Waals surface area contributed by atoms with Gasteiger partial charge >= 0.3 is 0 Å². The molecule has 0 radical (unpaired) electrons. The van der Waals surface area contributed by atoms with E-state index in [2.05, 4.69) is 10.6 Å². The van der Waals surface area contributed by atoms with Crippen LogP contribution >= 0.6 is 0 Å². The van der Waals surface area contributed by atoms with Gasteiger partial charge in [-0.1, -0.05) is 13.8 Å². The van der Waals surface area contributed by atoms with Gasteiger partial charge in [0.2, 0.25) is 11.8 Å². The summed E-state index contributed by atoms with van der Waals surface area (Å²) < 4.78 is 0. The SMILES string of the molecule is CCC(C)C(=O)NCC(=O)NC(C)C. The highest BCUT2D eigenvalue weighted by atomic mass is 16.2. The first-order chi connectivity index (χ1) is 6.47. The van der Waals surface area contributed by atoms with Crippen molar-refractivity contribution >= 4 is 11.8 Å². The van der Waals surface area contributed by atoms with Gasteiger partial charge in [0, 0.05) is 12.0 Å². The van der Waals surface area contributed by atoms with Crippen molar-refractivity contribution < 1.29 is 9.59 Å². The number of hydrogen-bond acceptors (Lipinski definition) is 2. The zero-order chi connectivity index (χ0) is 11.1. The molecule has 0 saturated heterocycles. The van der Waals surface area contributed by atoms with Gasteiger partial charge in [0.15, 0.2) is 0 Å². The van der Waals surface area contributed by atoms with Gasteiger partial charge in [-0.25, -0.2) is 0 Å². The quantitative estimate of drug-likeness (QED) is 0.685. The zero-order valence-corrected chi connectivity index (χ0v) is 9.39. The molecule has 0 rings (SSSR count). The molecule has 0 spiro atoms. The predicted molar refractivity (Wildman–Crippen MR) is 55.7 cm³/mol. The Morgan fingerprint density at radius 3 is 2.21 bits per heavy atom. The van der Waals surface area contributed by atoms with Crippen LogP contribution in [0.4, 0.5) is 0 Å². The summed E-state index contributed by atoms with van der Waals surface area (Å²) in [5.74, 6) is -0.232. The molecule has 0 aromatic rings. The summed E-state index contributed by atoms with van der Waals surface area (Å²) in [6, 6.07) is 0.114. The number of amides is 2. The third-order valence-electron chi connectivity index (χ3n) is 1.93. The Hall–Kier alpha value is -1.06. The van der Waals surface area contributed by atoms with Crippen LogP contribution in [-0.2, 0) is 9.59 Å². The molecule has 1 atom stereocenters. The Morgan fingerprint density at radius 1 is 1.21 bits per heavy atom. The van der Waals surface area contributed by atoms with E-state index >= 15 is 0 Å². The topological polar surface area (TPSA) is 58.2 Å². The van der Waals surface area contributed by atoms with Crippen LogP contribution in [-0.4, -0.2) is 24.4 Å². The largest absolute Gasteiger partial charge is 0.352 e. The maximum Gasteiger partial charge on any atom is 0.239 e. The minimum absolute atomic E-state index is 0.0261. The van der Waals surface area contributed by atoms with E-state index < -0.39 is 0 Å². The Morgan fingerprint density at radius 2 is 1.79 bits per heavy atom. The molecule has 1 unspecified atom stereocenters. The first kappa shape index (κ1) is 12.9. The van der Waals surface area contributed by atoms with Gasteiger partial charge in [0.25, 0.3) is 0 Å². The van der Waals surface area contributed by atoms with Crippen molar-refractivity contribution in [3.05, 3.63) is 0 Å². The number of carbonyl (C=O) groups excluding carboxylic acids is 2. The minimum Gasteiger partial charge on any atom is -0.352 e. The molecule has 14 heavy (non-hydrogen) atoms. The summed E-state index contributed by atoms with van der Waals surface area (Å²) in [4.78, 5) is 22.4. The summed E-state index contributed by atoms with van der Waals surface area (Å²) in [5.41, 5.74) is 0. The van der Waals surface area contributed by atoms with Crippen LogP contribution in [0, 0.1) is 5.92 Å². The van der Waals surface area contributed by atoms with Gasteiger partial charge in [-0.15, -0.1) is 0 Å². The van der Waals surface area contributed by atoms with E-state index in [1.54, 1.807) is 0 Å². The molecule has 0 heterocycles. The van der Waals surface area contributed by atoms with E-state index in [9.17, 15) is 9.59 Å². The lowest BCUT2D eigenvalue weighted by atomic mass is 10.1. The highest BCUT2D eigenvalue weighted by Gasteiger charge is 2.11. The average Bonchev–Trinajstić information content (AvgIpc) is 2.11. The molecule has 0 fully saturated rings. The van der Waals surface area contributed by atoms with E-state index in [1.807, 2.05) is 27.7 Å². The Balaban J connectivity index is 3.72. The molecule has 4 heteroatoms. The normalized spacial score (nSPS) is 12.4. The molecule has 2 amide bonds. The van der Waals surface area contributed by atoms with Crippen LogP contribution in [0.3, 0.4) is 0 Å². The fraction of sp³-hybridized carbons (Fsp3) is 0.800. The van der Waals surface area contributed by atoms with Crippen LogP contribution in [0.2, 0.25) is 0 Å². The molecular formula is C10H20N2O2. The molecule has 0 aliphatic rings. The van der Waals surface area contributed by atoms with Gasteiger partial charge in [0.1, 0.15) is 0 Å². The third-order valence-corrected chi connectivity index (χ3v) is 1.93. The number of nitrogens with one attached hydrogen (secondary N) is 2. The minimum atomic E-state index is -0.142. The molecule has 0 aromatic carbocycles. The summed E-state index contributed by atoms with van der Waals surface area (Å²) in [6.07, 6.45) is 0.789. The first-order valence-corrected chi connectivity index (χ1v) is 5.04. The lowest BCUT2D eigenvalue weighted by Crippen LogP contribution is -2.41. The average molecular weight is 200 g/mol. The van der Waals surface area contributed by atoms with Gasteiger partial charge < -0.3 is 10.6 Å². The predicted octanol–water partition coefficient (Wildman–Crippen LogP) is 0.673. The fourth-order valence-electron chi connectivity index (χ4n) is 0.900. The maximum absolute atomic E-state index is 11.3. The Kier molecular flexibility index (Phi) is 5.92. The highest BCUT2D eigenvalue weighted by molar-refractivity contribution is 5.85. The molecule has 4 nitrogen and oxygen atoms in total. The van der Waals surface area contributed by atoms with Gasteiger partial charge in [0.05, 0.1) is 6.54 Å². The van der Waals surface area contributed by atoms with E-state index in [4.69, 9.17) is 0 Å². The van der Waals surface area contributed by atoms with Crippen LogP contribution in [0.15, 0.2) is 0 Å². The summed E-state index contributed by atoms with van der Waals surface area (Å²) in [7, 11) is 0. The van der Waals surface area contributed by atoms with Crippen molar-refractivity contribution in [2.45, 2.75) is 40.2 Å². The van der Waals surface area contributed by atoms with Crippen LogP contribution in [0.1, 0.15) is 34.1 Å². The third kappa shape index (κ3) is 5.56. The van der Waals surface area contributed by atoms with Crippen molar-refractivity contribution in [3.8, 4) is 0 Å². The van der Waals surface area contributed by atoms with Crippen molar-refractivity contribution in [1.82, 2.24) is 10.6 Å². The van der Waals surface area contributed by atoms with Crippen LogP contribution in [0.25, 0.3) is 0 Å². The Labute approximate surface area is 85.4 Å². The van der Waals surface area contributed by atoms with Gasteiger partial charge in [-0.05, 0) is 20.3 Å². The molecule has 0 aromatic heterocycles. The van der Waals surface area contributed by atoms with Crippen LogP contribution < -0.4 is 10.6 Å². The monoisotopic (exact) mass is 200 g/mol. The van der Waals surface area contributed by atoms with E-state index in [1.165, 1.54) is 0 Å². The number of rotatable bonds is 5. The van der Waals surface area contributed by atoms with Crippen molar-refractivity contribution in [1.29, 1.82) is 0 Å². The lowest BCUT2D eigenvalue weighted by Gasteiger charge is -2.11. The lowest BCUT2D eigenvalue weighted by molar-refractivity contribution is -0.128. The van der Waals surface area contributed by atoms with Gasteiger partial charge in [-0.2, -0.15) is 0 Å². The molecule has 0 aliphatic heterocycles. The molecule has 0 saturated carbocycles. The maximum atomic E-state index is 11.3. The summed E-state index contributed by atoms with van der Waals surface area (Å²) >= 11 is 0. The Bertz CT molecular complexity index is 202. The van der Waals surface area contributed by atoms with Crippen molar-refractivity contribution in [2.24, 2.45) is 5.92 Å².